The van der Waals surface area contributed by atoms with E-state index in [4.69, 9.17) is 15.6 Å². The van der Waals surface area contributed by atoms with Crippen molar-refractivity contribution < 1.29 is 27.9 Å². The van der Waals surface area contributed by atoms with Gasteiger partial charge in [-0.05, 0) is 49.7 Å². The van der Waals surface area contributed by atoms with Crippen molar-refractivity contribution in [2.45, 2.75) is 25.4 Å². The van der Waals surface area contributed by atoms with E-state index in [-0.39, 0.29) is 5.91 Å². The number of nitrogens with two attached hydrogens (primary N) is 1. The van der Waals surface area contributed by atoms with Gasteiger partial charge < -0.3 is 21.1 Å². The summed E-state index contributed by atoms with van der Waals surface area (Å²) in [4.78, 5) is 33.2. The molecule has 0 unspecified atom stereocenters. The molecule has 0 aromatic carbocycles. The van der Waals surface area contributed by atoms with E-state index in [1.54, 1.807) is 6.20 Å². The maximum absolute atomic E-state index is 12.0. The summed E-state index contributed by atoms with van der Waals surface area (Å²) >= 11 is 0. The summed E-state index contributed by atoms with van der Waals surface area (Å²) in [6.07, 6.45) is 1.21. The molecule has 4 heterocycles. The highest BCUT2D eigenvalue weighted by atomic mass is 19.4. The summed E-state index contributed by atoms with van der Waals surface area (Å²) in [5, 5.41) is 10.00. The number of carbonyl (C=O) groups excluding carboxylic acids is 1. The molecule has 0 radical (unpaired) electrons. The number of carbonyl (C=O) groups is 2. The Morgan fingerprint density at radius 2 is 1.91 bits per heavy atom. The topological polar surface area (TPSA) is 134 Å². The first-order valence-corrected chi connectivity index (χ1v) is 10.1. The zero-order valence-corrected chi connectivity index (χ0v) is 17.4. The second-order valence-corrected chi connectivity index (χ2v) is 7.24. The molecule has 5 N–H and O–H groups in total. The number of hydrogen-bond acceptors (Lipinski definition) is 5. The minimum Gasteiger partial charge on any atom is -0.475 e. The number of pyridine rings is 2. The van der Waals surface area contributed by atoms with Gasteiger partial charge in [0.1, 0.15) is 0 Å². The smallest absolute Gasteiger partial charge is 0.475 e. The Balaban J connectivity index is 0.000000383. The summed E-state index contributed by atoms with van der Waals surface area (Å²) in [5.74, 6) is -2.77. The van der Waals surface area contributed by atoms with Crippen LogP contribution in [0.5, 0.6) is 0 Å². The number of rotatable bonds is 5. The molecule has 0 saturated heterocycles. The fraction of sp³-hybridized carbons (Fsp3) is 0.273. The molecule has 1 aliphatic rings. The summed E-state index contributed by atoms with van der Waals surface area (Å²) in [6.45, 7) is 1.35. The lowest BCUT2D eigenvalue weighted by atomic mass is 10.1. The number of aromatic amines is 1. The predicted octanol–water partition coefficient (Wildman–Crippen LogP) is 2.95. The van der Waals surface area contributed by atoms with Gasteiger partial charge in [0.25, 0.3) is 5.91 Å². The molecule has 1 aliphatic heterocycles. The summed E-state index contributed by atoms with van der Waals surface area (Å²) in [6, 6.07) is 9.94. The van der Waals surface area contributed by atoms with Gasteiger partial charge in [0.2, 0.25) is 0 Å². The highest BCUT2D eigenvalue weighted by Gasteiger charge is 2.38. The van der Waals surface area contributed by atoms with Crippen LogP contribution in [0.3, 0.4) is 0 Å². The van der Waals surface area contributed by atoms with Gasteiger partial charge in [0.15, 0.2) is 0 Å². The second-order valence-electron chi connectivity index (χ2n) is 7.24. The van der Waals surface area contributed by atoms with Gasteiger partial charge in [-0.25, -0.2) is 4.79 Å². The Morgan fingerprint density at radius 3 is 2.52 bits per heavy atom. The second kappa shape index (κ2) is 10.3. The van der Waals surface area contributed by atoms with Crippen molar-refractivity contribution in [2.75, 3.05) is 13.1 Å². The van der Waals surface area contributed by atoms with E-state index >= 15 is 0 Å². The SMILES string of the molecule is NCCCc1ccc(-c2cc(-c3cc4c([nH]3)CCNC4=O)ccn2)cn1.O=C(O)C(F)(F)F. The average Bonchev–Trinajstić information content (AvgIpc) is 3.24. The van der Waals surface area contributed by atoms with Crippen LogP contribution < -0.4 is 11.1 Å². The number of hydrogen-bond donors (Lipinski definition) is 4. The quantitative estimate of drug-likeness (QED) is 0.462. The van der Waals surface area contributed by atoms with Gasteiger partial charge in [-0.3, -0.25) is 14.8 Å². The molecule has 33 heavy (non-hydrogen) atoms. The molecular weight excluding hydrogens is 439 g/mol. The third-order valence-electron chi connectivity index (χ3n) is 4.88. The van der Waals surface area contributed by atoms with Crippen molar-refractivity contribution >= 4 is 11.9 Å². The minimum atomic E-state index is -5.08. The van der Waals surface area contributed by atoms with Crippen LogP contribution >= 0.6 is 0 Å². The number of halogens is 3. The molecule has 1 amide bonds. The number of aromatic nitrogens is 3. The van der Waals surface area contributed by atoms with Gasteiger partial charge in [-0.15, -0.1) is 0 Å². The molecular formula is C22H22F3N5O3. The standard InChI is InChI=1S/C20H21N5O.C2HF3O2/c21-7-1-2-15-4-3-14(12-24-15)18-10-13(5-8-22-18)19-11-16-17(25-19)6-9-23-20(16)26;3-2(4,5)1(6)7/h3-5,8,10-12,25H,1-2,6-7,9,21H2,(H,23,26);(H,6,7). The fourth-order valence-corrected chi connectivity index (χ4v) is 3.21. The van der Waals surface area contributed by atoms with Crippen LogP contribution in [0.25, 0.3) is 22.5 Å². The summed E-state index contributed by atoms with van der Waals surface area (Å²) < 4.78 is 31.7. The van der Waals surface area contributed by atoms with Gasteiger partial charge in [0.05, 0.1) is 11.3 Å². The molecule has 3 aromatic rings. The van der Waals surface area contributed by atoms with E-state index in [0.717, 1.165) is 58.7 Å². The van der Waals surface area contributed by atoms with Gasteiger partial charge in [0, 0.05) is 53.6 Å². The van der Waals surface area contributed by atoms with E-state index in [1.807, 2.05) is 36.5 Å². The maximum atomic E-state index is 12.0. The third kappa shape index (κ3) is 6.16. The molecule has 3 aromatic heterocycles. The highest BCUT2D eigenvalue weighted by molar-refractivity contribution is 5.97. The third-order valence-corrected chi connectivity index (χ3v) is 4.88. The molecule has 0 spiro atoms. The molecule has 11 heteroatoms. The lowest BCUT2D eigenvalue weighted by Crippen LogP contribution is -2.31. The summed E-state index contributed by atoms with van der Waals surface area (Å²) in [7, 11) is 0. The van der Waals surface area contributed by atoms with Gasteiger partial charge in [-0.1, -0.05) is 0 Å². The Hall–Kier alpha value is -3.73. The van der Waals surface area contributed by atoms with Crippen molar-refractivity contribution in [2.24, 2.45) is 5.73 Å². The lowest BCUT2D eigenvalue weighted by Gasteiger charge is -2.10. The first-order chi connectivity index (χ1) is 15.7. The Labute approximate surface area is 187 Å². The van der Waals surface area contributed by atoms with Crippen LogP contribution in [0.15, 0.2) is 42.7 Å². The number of H-pyrrole nitrogens is 1. The van der Waals surface area contributed by atoms with E-state index in [9.17, 15) is 18.0 Å². The highest BCUT2D eigenvalue weighted by Crippen LogP contribution is 2.27. The van der Waals surface area contributed by atoms with E-state index in [2.05, 4.69) is 20.3 Å². The summed E-state index contributed by atoms with van der Waals surface area (Å²) in [5.41, 5.74) is 12.1. The monoisotopic (exact) mass is 461 g/mol. The zero-order chi connectivity index (χ0) is 24.0. The first kappa shape index (κ1) is 23.9. The maximum Gasteiger partial charge on any atom is 0.490 e. The molecule has 174 valence electrons. The van der Waals surface area contributed by atoms with Crippen LogP contribution in [0, 0.1) is 0 Å². The number of carboxylic acid groups (broad SMARTS) is 1. The molecule has 0 aliphatic carbocycles. The predicted molar refractivity (Wildman–Crippen MR) is 114 cm³/mol. The largest absolute Gasteiger partial charge is 0.490 e. The van der Waals surface area contributed by atoms with Crippen LogP contribution in [0.4, 0.5) is 13.2 Å². The van der Waals surface area contributed by atoms with E-state index in [0.29, 0.717) is 13.1 Å². The number of carboxylic acids is 1. The fourth-order valence-electron chi connectivity index (χ4n) is 3.21. The Bertz CT molecular complexity index is 1130. The number of fused-ring (bicyclic) bond motifs is 1. The molecule has 0 bridgehead atoms. The molecule has 0 fully saturated rings. The average molecular weight is 461 g/mol. The van der Waals surface area contributed by atoms with Gasteiger partial charge in [-0.2, -0.15) is 13.2 Å². The number of alkyl halides is 3. The Morgan fingerprint density at radius 1 is 1.15 bits per heavy atom. The van der Waals surface area contributed by atoms with E-state index < -0.39 is 12.1 Å². The minimum absolute atomic E-state index is 0.0136. The van der Waals surface area contributed by atoms with E-state index in [1.165, 1.54) is 0 Å². The number of aliphatic carboxylic acids is 1. The molecule has 0 saturated carbocycles. The van der Waals surface area contributed by atoms with Crippen LogP contribution in [-0.2, 0) is 17.6 Å². The number of nitrogens with zero attached hydrogens (tertiary/aromatic N) is 2. The van der Waals surface area contributed by atoms with Crippen molar-refractivity contribution in [1.82, 2.24) is 20.3 Å². The van der Waals surface area contributed by atoms with Crippen LogP contribution in [-0.4, -0.2) is 51.2 Å². The number of amides is 1. The van der Waals surface area contributed by atoms with Crippen molar-refractivity contribution in [1.29, 1.82) is 0 Å². The van der Waals surface area contributed by atoms with Gasteiger partial charge >= 0.3 is 12.1 Å². The first-order valence-electron chi connectivity index (χ1n) is 10.1. The van der Waals surface area contributed by atoms with Crippen molar-refractivity contribution in [3.63, 3.8) is 0 Å². The number of nitrogens with one attached hydrogen (secondary N) is 2. The van der Waals surface area contributed by atoms with Crippen LogP contribution in [0.1, 0.15) is 28.2 Å². The normalized spacial score (nSPS) is 12.9. The van der Waals surface area contributed by atoms with Crippen molar-refractivity contribution in [3.8, 4) is 22.5 Å². The van der Waals surface area contributed by atoms with Crippen LogP contribution in [0.2, 0.25) is 0 Å². The van der Waals surface area contributed by atoms with Crippen molar-refractivity contribution in [3.05, 3.63) is 59.7 Å². The zero-order valence-electron chi connectivity index (χ0n) is 17.4. The molecule has 8 nitrogen and oxygen atoms in total. The molecule has 4 rings (SSSR count). The lowest BCUT2D eigenvalue weighted by molar-refractivity contribution is -0.192. The molecule has 0 atom stereocenters. The number of aryl methyl sites for hydroxylation is 1. The Kier molecular flexibility index (Phi) is 7.44.